The number of aliphatic hydroxyl groups excluding tert-OH is 1. The maximum absolute atomic E-state index is 11.9. The number of carbonyl (C=O) groups is 1. The molecule has 1 aliphatic carbocycles. The lowest BCUT2D eigenvalue weighted by atomic mass is 10.1. The minimum atomic E-state index is -0.534. The second-order valence-electron chi connectivity index (χ2n) is 8.67. The number of rotatable bonds is 7. The molecule has 0 aromatic heterocycles. The van der Waals surface area contributed by atoms with Crippen molar-refractivity contribution in [1.29, 1.82) is 0 Å². The molecule has 0 bridgehead atoms. The molecule has 2 aromatic rings. The Morgan fingerprint density at radius 2 is 1.71 bits per heavy atom. The number of fused-ring (bicyclic) bond motifs is 1. The number of carbonyl (C=O) groups excluding carboxylic acids is 1. The summed E-state index contributed by atoms with van der Waals surface area (Å²) in [6.45, 7) is 5.60. The van der Waals surface area contributed by atoms with Crippen LogP contribution in [-0.2, 0) is 11.3 Å². The molecule has 5 rings (SSSR count). The Bertz CT molecular complexity index is 921. The molecule has 164 valence electrons. The van der Waals surface area contributed by atoms with Crippen LogP contribution in [-0.4, -0.2) is 60.3 Å². The lowest BCUT2D eigenvalue weighted by molar-refractivity contribution is -0.117. The number of ether oxygens (including phenoxy) is 2. The fourth-order valence-electron chi connectivity index (χ4n) is 4.16. The number of aliphatic hydroxyl groups is 1. The van der Waals surface area contributed by atoms with Gasteiger partial charge in [0.15, 0.2) is 11.5 Å². The van der Waals surface area contributed by atoms with Crippen molar-refractivity contribution in [3.8, 4) is 11.5 Å². The van der Waals surface area contributed by atoms with Gasteiger partial charge in [-0.3, -0.25) is 14.6 Å². The van der Waals surface area contributed by atoms with Crippen LogP contribution in [0.3, 0.4) is 0 Å². The van der Waals surface area contributed by atoms with Crippen molar-refractivity contribution in [1.82, 2.24) is 9.80 Å². The second kappa shape index (κ2) is 8.86. The predicted octanol–water partition coefficient (Wildman–Crippen LogP) is 2.62. The van der Waals surface area contributed by atoms with Crippen LogP contribution in [0.1, 0.15) is 30.1 Å². The standard InChI is InChI=1S/C24H29N3O4/c28-21(18-4-6-20(7-5-18)25-24(29)19-2-3-19)15-27-11-9-26(10-12-27)14-17-1-8-22-23(13-17)31-16-30-22/h1,4-8,13,19,21,28H,2-3,9-12,14-16H2,(H,25,29)/t21-/m1/s1. The number of anilines is 1. The Balaban J connectivity index is 1.08. The van der Waals surface area contributed by atoms with Crippen LogP contribution in [0, 0.1) is 5.92 Å². The topological polar surface area (TPSA) is 74.3 Å². The molecule has 0 spiro atoms. The average molecular weight is 424 g/mol. The Labute approximate surface area is 182 Å². The molecule has 7 nitrogen and oxygen atoms in total. The molecule has 1 saturated carbocycles. The van der Waals surface area contributed by atoms with E-state index in [0.29, 0.717) is 13.3 Å². The van der Waals surface area contributed by atoms with Gasteiger partial charge in [0, 0.05) is 50.9 Å². The molecule has 1 atom stereocenters. The van der Waals surface area contributed by atoms with Crippen LogP contribution in [0.4, 0.5) is 5.69 Å². The number of β-amino-alcohol motifs (C(OH)–C–C–N with tert-alkyl or cyclic N) is 1. The van der Waals surface area contributed by atoms with Crippen LogP contribution in [0.15, 0.2) is 42.5 Å². The minimum absolute atomic E-state index is 0.104. The van der Waals surface area contributed by atoms with E-state index in [0.717, 1.165) is 68.3 Å². The van der Waals surface area contributed by atoms with Gasteiger partial charge in [-0.2, -0.15) is 0 Å². The molecule has 0 unspecified atom stereocenters. The fourth-order valence-corrected chi connectivity index (χ4v) is 4.16. The molecule has 0 radical (unpaired) electrons. The van der Waals surface area contributed by atoms with Crippen molar-refractivity contribution >= 4 is 11.6 Å². The molecule has 2 fully saturated rings. The van der Waals surface area contributed by atoms with Crippen LogP contribution in [0.2, 0.25) is 0 Å². The first-order valence-electron chi connectivity index (χ1n) is 11.1. The van der Waals surface area contributed by atoms with Gasteiger partial charge >= 0.3 is 0 Å². The van der Waals surface area contributed by atoms with Crippen molar-refractivity contribution in [2.24, 2.45) is 5.92 Å². The fraction of sp³-hybridized carbons (Fsp3) is 0.458. The summed E-state index contributed by atoms with van der Waals surface area (Å²) in [7, 11) is 0. The largest absolute Gasteiger partial charge is 0.454 e. The predicted molar refractivity (Wildman–Crippen MR) is 117 cm³/mol. The van der Waals surface area contributed by atoms with Crippen LogP contribution >= 0.6 is 0 Å². The summed E-state index contributed by atoms with van der Waals surface area (Å²) >= 11 is 0. The first-order chi connectivity index (χ1) is 15.1. The molecule has 3 aliphatic rings. The van der Waals surface area contributed by atoms with Gasteiger partial charge < -0.3 is 19.9 Å². The molecule has 2 aliphatic heterocycles. The molecular weight excluding hydrogens is 394 g/mol. The summed E-state index contributed by atoms with van der Waals surface area (Å²) in [6.07, 6.45) is 1.45. The van der Waals surface area contributed by atoms with Crippen molar-refractivity contribution in [2.75, 3.05) is 44.8 Å². The summed E-state index contributed by atoms with van der Waals surface area (Å²) in [5, 5.41) is 13.6. The summed E-state index contributed by atoms with van der Waals surface area (Å²) in [5.41, 5.74) is 2.91. The average Bonchev–Trinajstić information content (AvgIpc) is 3.54. The quantitative estimate of drug-likeness (QED) is 0.713. The van der Waals surface area contributed by atoms with Crippen molar-refractivity contribution < 1.29 is 19.4 Å². The van der Waals surface area contributed by atoms with E-state index in [9.17, 15) is 9.90 Å². The normalized spacial score (nSPS) is 19.9. The van der Waals surface area contributed by atoms with Gasteiger partial charge in [-0.25, -0.2) is 0 Å². The Kier molecular flexibility index (Phi) is 5.80. The number of nitrogens with zero attached hydrogens (tertiary/aromatic N) is 2. The van der Waals surface area contributed by atoms with Gasteiger partial charge in [0.1, 0.15) is 0 Å². The number of nitrogens with one attached hydrogen (secondary N) is 1. The van der Waals surface area contributed by atoms with Crippen LogP contribution < -0.4 is 14.8 Å². The summed E-state index contributed by atoms with van der Waals surface area (Å²) in [6, 6.07) is 13.7. The molecule has 1 amide bonds. The van der Waals surface area contributed by atoms with Gasteiger partial charge in [-0.05, 0) is 48.2 Å². The zero-order valence-electron chi connectivity index (χ0n) is 17.6. The van der Waals surface area contributed by atoms with Crippen molar-refractivity contribution in [3.05, 3.63) is 53.6 Å². The van der Waals surface area contributed by atoms with Gasteiger partial charge in [-0.15, -0.1) is 0 Å². The number of benzene rings is 2. The first kappa shape index (κ1) is 20.3. The van der Waals surface area contributed by atoms with Gasteiger partial charge in [-0.1, -0.05) is 18.2 Å². The first-order valence-corrected chi connectivity index (χ1v) is 11.1. The summed E-state index contributed by atoms with van der Waals surface area (Å²) in [5.74, 6) is 1.94. The maximum Gasteiger partial charge on any atom is 0.231 e. The van der Waals surface area contributed by atoms with E-state index in [-0.39, 0.29) is 11.8 Å². The molecule has 31 heavy (non-hydrogen) atoms. The third-order valence-corrected chi connectivity index (χ3v) is 6.25. The highest BCUT2D eigenvalue weighted by Gasteiger charge is 2.29. The maximum atomic E-state index is 11.9. The van der Waals surface area contributed by atoms with E-state index in [1.165, 1.54) is 5.56 Å². The summed E-state index contributed by atoms with van der Waals surface area (Å²) < 4.78 is 10.9. The zero-order chi connectivity index (χ0) is 21.2. The lowest BCUT2D eigenvalue weighted by Gasteiger charge is -2.35. The van der Waals surface area contributed by atoms with E-state index in [4.69, 9.17) is 9.47 Å². The molecular formula is C24H29N3O4. The highest BCUT2D eigenvalue weighted by atomic mass is 16.7. The number of amides is 1. The smallest absolute Gasteiger partial charge is 0.231 e. The van der Waals surface area contributed by atoms with Crippen molar-refractivity contribution in [3.63, 3.8) is 0 Å². The Hall–Kier alpha value is -2.61. The molecule has 7 heteroatoms. The Morgan fingerprint density at radius 3 is 2.45 bits per heavy atom. The molecule has 2 aromatic carbocycles. The molecule has 1 saturated heterocycles. The highest BCUT2D eigenvalue weighted by molar-refractivity contribution is 5.94. The third-order valence-electron chi connectivity index (χ3n) is 6.25. The Morgan fingerprint density at radius 1 is 1.00 bits per heavy atom. The SMILES string of the molecule is O=C(Nc1ccc([C@H](O)CN2CCN(Cc3ccc4c(c3)OCO4)CC2)cc1)C1CC1. The van der Waals surface area contributed by atoms with E-state index >= 15 is 0 Å². The summed E-state index contributed by atoms with van der Waals surface area (Å²) in [4.78, 5) is 16.6. The molecule has 2 heterocycles. The minimum Gasteiger partial charge on any atom is -0.454 e. The number of piperazine rings is 1. The zero-order valence-corrected chi connectivity index (χ0v) is 17.6. The van der Waals surface area contributed by atoms with Crippen LogP contribution in [0.25, 0.3) is 0 Å². The highest BCUT2D eigenvalue weighted by Crippen LogP contribution is 2.33. The van der Waals surface area contributed by atoms with E-state index in [1.807, 2.05) is 30.3 Å². The molecule has 2 N–H and O–H groups in total. The van der Waals surface area contributed by atoms with E-state index < -0.39 is 6.10 Å². The van der Waals surface area contributed by atoms with Crippen molar-refractivity contribution in [2.45, 2.75) is 25.5 Å². The van der Waals surface area contributed by atoms with E-state index in [1.54, 1.807) is 0 Å². The van der Waals surface area contributed by atoms with Crippen LogP contribution in [0.5, 0.6) is 11.5 Å². The van der Waals surface area contributed by atoms with Gasteiger partial charge in [0.05, 0.1) is 6.10 Å². The van der Waals surface area contributed by atoms with Gasteiger partial charge in [0.25, 0.3) is 0 Å². The van der Waals surface area contributed by atoms with Gasteiger partial charge in [0.2, 0.25) is 12.7 Å². The van der Waals surface area contributed by atoms with E-state index in [2.05, 4.69) is 27.2 Å². The third kappa shape index (κ3) is 5.01. The lowest BCUT2D eigenvalue weighted by Crippen LogP contribution is -2.47. The monoisotopic (exact) mass is 423 g/mol. The second-order valence-corrected chi connectivity index (χ2v) is 8.67. The number of hydrogen-bond acceptors (Lipinski definition) is 6. The number of hydrogen-bond donors (Lipinski definition) is 2.